The van der Waals surface area contributed by atoms with E-state index < -0.39 is 0 Å². The highest BCUT2D eigenvalue weighted by Gasteiger charge is 2.17. The van der Waals surface area contributed by atoms with Crippen molar-refractivity contribution in [2.24, 2.45) is 10.7 Å². The molecule has 0 aromatic heterocycles. The van der Waals surface area contributed by atoms with E-state index in [1.807, 2.05) is 12.1 Å². The summed E-state index contributed by atoms with van der Waals surface area (Å²) in [6.45, 7) is 3.73. The lowest BCUT2D eigenvalue weighted by Crippen LogP contribution is -2.51. The van der Waals surface area contributed by atoms with Gasteiger partial charge in [0.05, 0.1) is 0 Å². The minimum Gasteiger partial charge on any atom is -0.370 e. The highest BCUT2D eigenvalue weighted by Crippen LogP contribution is 2.19. The zero-order valence-electron chi connectivity index (χ0n) is 10.3. The van der Waals surface area contributed by atoms with Crippen molar-refractivity contribution in [2.75, 3.05) is 38.1 Å². The lowest BCUT2D eigenvalue weighted by Gasteiger charge is -2.36. The van der Waals surface area contributed by atoms with E-state index in [2.05, 4.69) is 26.9 Å². The van der Waals surface area contributed by atoms with Crippen LogP contribution in [0.5, 0.6) is 0 Å². The zero-order chi connectivity index (χ0) is 12.3. The molecule has 4 nitrogen and oxygen atoms in total. The Hall–Kier alpha value is -0.690. The molecule has 2 N–H and O–H groups in total. The number of guanidine groups is 1. The molecule has 6 heteroatoms. The largest absolute Gasteiger partial charge is 0.370 e. The third kappa shape index (κ3) is 3.65. The highest BCUT2D eigenvalue weighted by atomic mass is 127. The van der Waals surface area contributed by atoms with Crippen molar-refractivity contribution in [3.8, 4) is 0 Å². The van der Waals surface area contributed by atoms with Crippen molar-refractivity contribution in [1.29, 1.82) is 0 Å². The van der Waals surface area contributed by atoms with Gasteiger partial charge in [-0.1, -0.05) is 11.6 Å². The van der Waals surface area contributed by atoms with Crippen LogP contribution in [0.4, 0.5) is 5.69 Å². The number of hydrogen-bond acceptors (Lipinski definition) is 2. The molecule has 0 spiro atoms. The Morgan fingerprint density at radius 3 is 2.22 bits per heavy atom. The Morgan fingerprint density at radius 1 is 1.17 bits per heavy atom. The molecule has 100 valence electrons. The molecule has 18 heavy (non-hydrogen) atoms. The molecule has 2 rings (SSSR count). The molecule has 0 bridgehead atoms. The molecule has 1 fully saturated rings. The summed E-state index contributed by atoms with van der Waals surface area (Å²) >= 11 is 5.88. The minimum atomic E-state index is 0. The number of aliphatic imine (C=N–C) groups is 1. The van der Waals surface area contributed by atoms with Crippen LogP contribution in [0.3, 0.4) is 0 Å². The molecule has 1 aromatic rings. The van der Waals surface area contributed by atoms with Gasteiger partial charge in [-0.05, 0) is 24.3 Å². The molecular formula is C12H18ClIN4. The lowest BCUT2D eigenvalue weighted by molar-refractivity contribution is 0.381. The van der Waals surface area contributed by atoms with Crippen molar-refractivity contribution in [2.45, 2.75) is 0 Å². The molecule has 0 aliphatic carbocycles. The molecule has 1 aliphatic rings. The first kappa shape index (κ1) is 15.4. The Morgan fingerprint density at radius 2 is 1.72 bits per heavy atom. The third-order valence-corrected chi connectivity index (χ3v) is 3.28. The van der Waals surface area contributed by atoms with E-state index in [9.17, 15) is 0 Å². The van der Waals surface area contributed by atoms with Gasteiger partial charge in [-0.3, -0.25) is 4.99 Å². The first-order valence-electron chi connectivity index (χ1n) is 5.68. The smallest absolute Gasteiger partial charge is 0.191 e. The summed E-state index contributed by atoms with van der Waals surface area (Å²) in [6.07, 6.45) is 0. The number of piperazine rings is 1. The van der Waals surface area contributed by atoms with Crippen molar-refractivity contribution in [3.63, 3.8) is 0 Å². The van der Waals surface area contributed by atoms with Gasteiger partial charge in [0.2, 0.25) is 0 Å². The summed E-state index contributed by atoms with van der Waals surface area (Å²) in [5.74, 6) is 0.626. The van der Waals surface area contributed by atoms with Crippen molar-refractivity contribution in [3.05, 3.63) is 29.3 Å². The molecule has 0 saturated carbocycles. The summed E-state index contributed by atoms with van der Waals surface area (Å²) in [7, 11) is 1.72. The maximum absolute atomic E-state index is 5.88. The van der Waals surface area contributed by atoms with Gasteiger partial charge in [-0.25, -0.2) is 0 Å². The van der Waals surface area contributed by atoms with Gasteiger partial charge in [0, 0.05) is 43.9 Å². The van der Waals surface area contributed by atoms with Gasteiger partial charge in [-0.15, -0.1) is 24.0 Å². The number of anilines is 1. The number of nitrogens with two attached hydrogens (primary N) is 1. The second-order valence-electron chi connectivity index (χ2n) is 4.03. The fourth-order valence-corrected chi connectivity index (χ4v) is 2.11. The zero-order valence-corrected chi connectivity index (χ0v) is 13.4. The van der Waals surface area contributed by atoms with Crippen molar-refractivity contribution >= 4 is 47.2 Å². The number of hydrogen-bond donors (Lipinski definition) is 1. The van der Waals surface area contributed by atoms with Crippen LogP contribution in [0.2, 0.25) is 5.02 Å². The van der Waals surface area contributed by atoms with E-state index in [0.717, 1.165) is 31.2 Å². The lowest BCUT2D eigenvalue weighted by atomic mass is 10.2. The molecule has 0 unspecified atom stereocenters. The summed E-state index contributed by atoms with van der Waals surface area (Å²) < 4.78 is 0. The van der Waals surface area contributed by atoms with Crippen LogP contribution >= 0.6 is 35.6 Å². The standard InChI is InChI=1S/C12H17ClN4.HI/c1-15-12(14)17-8-6-16(7-9-17)11-4-2-10(13)3-5-11;/h2-5H,6-9H2,1H3,(H2,14,15);1H. The fraction of sp³-hybridized carbons (Fsp3) is 0.417. The number of benzene rings is 1. The Labute approximate surface area is 130 Å². The van der Waals surface area contributed by atoms with E-state index in [1.165, 1.54) is 5.69 Å². The fourth-order valence-electron chi connectivity index (χ4n) is 1.99. The number of nitrogens with zero attached hydrogens (tertiary/aromatic N) is 3. The Balaban J connectivity index is 0.00000162. The highest BCUT2D eigenvalue weighted by molar-refractivity contribution is 14.0. The van der Waals surface area contributed by atoms with Crippen LogP contribution < -0.4 is 10.6 Å². The molecule has 0 amide bonds. The number of halogens is 2. The second-order valence-corrected chi connectivity index (χ2v) is 4.47. The van der Waals surface area contributed by atoms with Gasteiger partial charge < -0.3 is 15.5 Å². The van der Waals surface area contributed by atoms with Gasteiger partial charge >= 0.3 is 0 Å². The van der Waals surface area contributed by atoms with Crippen molar-refractivity contribution in [1.82, 2.24) is 4.90 Å². The van der Waals surface area contributed by atoms with Crippen LogP contribution in [-0.2, 0) is 0 Å². The topological polar surface area (TPSA) is 44.9 Å². The predicted molar refractivity (Wildman–Crippen MR) is 88.2 cm³/mol. The van der Waals surface area contributed by atoms with Gasteiger partial charge in [-0.2, -0.15) is 0 Å². The summed E-state index contributed by atoms with van der Waals surface area (Å²) in [5, 5.41) is 0.773. The first-order valence-corrected chi connectivity index (χ1v) is 6.06. The van der Waals surface area contributed by atoms with Crippen LogP contribution in [0.1, 0.15) is 0 Å². The van der Waals surface area contributed by atoms with E-state index in [0.29, 0.717) is 5.96 Å². The molecule has 1 heterocycles. The molecule has 1 aromatic carbocycles. The maximum Gasteiger partial charge on any atom is 0.191 e. The summed E-state index contributed by atoms with van der Waals surface area (Å²) in [4.78, 5) is 8.44. The van der Waals surface area contributed by atoms with Crippen LogP contribution in [-0.4, -0.2) is 44.1 Å². The molecule has 0 atom stereocenters. The van der Waals surface area contributed by atoms with Crippen LogP contribution in [0.15, 0.2) is 29.3 Å². The quantitative estimate of drug-likeness (QED) is 0.461. The molecule has 1 aliphatic heterocycles. The molecule has 1 saturated heterocycles. The van der Waals surface area contributed by atoms with E-state index in [1.54, 1.807) is 7.05 Å². The Kier molecular flexibility index (Phi) is 6.01. The summed E-state index contributed by atoms with van der Waals surface area (Å²) in [6, 6.07) is 7.95. The van der Waals surface area contributed by atoms with E-state index in [4.69, 9.17) is 17.3 Å². The van der Waals surface area contributed by atoms with Gasteiger partial charge in [0.25, 0.3) is 0 Å². The van der Waals surface area contributed by atoms with Crippen LogP contribution in [0, 0.1) is 0 Å². The van der Waals surface area contributed by atoms with E-state index >= 15 is 0 Å². The second kappa shape index (κ2) is 7.04. The number of rotatable bonds is 1. The third-order valence-electron chi connectivity index (χ3n) is 3.02. The first-order chi connectivity index (χ1) is 8.20. The molecular weight excluding hydrogens is 363 g/mol. The van der Waals surface area contributed by atoms with Gasteiger partial charge in [0.1, 0.15) is 0 Å². The summed E-state index contributed by atoms with van der Waals surface area (Å²) in [5.41, 5.74) is 7.00. The van der Waals surface area contributed by atoms with Crippen LogP contribution in [0.25, 0.3) is 0 Å². The minimum absolute atomic E-state index is 0. The Bertz CT molecular complexity index is 399. The average molecular weight is 381 g/mol. The monoisotopic (exact) mass is 380 g/mol. The van der Waals surface area contributed by atoms with Gasteiger partial charge in [0.15, 0.2) is 5.96 Å². The average Bonchev–Trinajstić information content (AvgIpc) is 2.39. The maximum atomic E-state index is 5.88. The predicted octanol–water partition coefficient (Wildman–Crippen LogP) is 2.02. The SMILES string of the molecule is CN=C(N)N1CCN(c2ccc(Cl)cc2)CC1.I. The van der Waals surface area contributed by atoms with Crippen molar-refractivity contribution < 1.29 is 0 Å². The molecule has 0 radical (unpaired) electrons. The normalized spacial score (nSPS) is 16.4. The van der Waals surface area contributed by atoms with E-state index in [-0.39, 0.29) is 24.0 Å².